The molecule has 2 rings (SSSR count). The van der Waals surface area contributed by atoms with Crippen molar-refractivity contribution in [1.29, 1.82) is 0 Å². The largest absolute Gasteiger partial charge is 0.371 e. The van der Waals surface area contributed by atoms with Crippen molar-refractivity contribution in [3.05, 3.63) is 29.8 Å². The maximum Gasteiger partial charge on any atom is 0.0366 e. The summed E-state index contributed by atoms with van der Waals surface area (Å²) < 4.78 is 0. The second-order valence-corrected chi connectivity index (χ2v) is 5.54. The highest BCUT2D eigenvalue weighted by atomic mass is 15.1. The molecule has 0 radical (unpaired) electrons. The Balaban J connectivity index is 2.01. The highest BCUT2D eigenvalue weighted by molar-refractivity contribution is 5.48. The zero-order chi connectivity index (χ0) is 12.3. The van der Waals surface area contributed by atoms with E-state index in [0.29, 0.717) is 0 Å². The first kappa shape index (κ1) is 12.4. The third-order valence-electron chi connectivity index (χ3n) is 3.52. The highest BCUT2D eigenvalue weighted by Crippen LogP contribution is 2.23. The van der Waals surface area contributed by atoms with E-state index < -0.39 is 0 Å². The number of benzene rings is 1. The Bertz CT molecular complexity index is 342. The molecule has 1 aromatic rings. The summed E-state index contributed by atoms with van der Waals surface area (Å²) in [6, 6.07) is 9.18. The second-order valence-electron chi connectivity index (χ2n) is 5.54. The molecule has 1 aliphatic rings. The van der Waals surface area contributed by atoms with Crippen molar-refractivity contribution in [3.8, 4) is 0 Å². The number of piperidine rings is 1. The lowest BCUT2D eigenvalue weighted by Gasteiger charge is -2.32. The maximum absolute atomic E-state index is 5.81. The molecule has 1 aromatic carbocycles. The van der Waals surface area contributed by atoms with Gasteiger partial charge in [-0.05, 0) is 49.8 Å². The van der Waals surface area contributed by atoms with Gasteiger partial charge in [0.1, 0.15) is 0 Å². The molecule has 17 heavy (non-hydrogen) atoms. The standard InChI is InChI=1S/C15H24N2/c1-12-4-3-9-17(11-12)15-7-5-14(6-8-15)10-13(2)16/h5-8,12-13H,3-4,9-11,16H2,1-2H3. The first-order valence-corrected chi connectivity index (χ1v) is 6.74. The van der Waals surface area contributed by atoms with E-state index in [1.807, 2.05) is 0 Å². The average Bonchev–Trinajstić information content (AvgIpc) is 2.29. The minimum Gasteiger partial charge on any atom is -0.371 e. The Morgan fingerprint density at radius 1 is 1.35 bits per heavy atom. The molecule has 2 unspecified atom stereocenters. The molecule has 94 valence electrons. The molecule has 1 aliphatic heterocycles. The Hall–Kier alpha value is -1.02. The van der Waals surface area contributed by atoms with Crippen molar-refractivity contribution in [1.82, 2.24) is 0 Å². The van der Waals surface area contributed by atoms with E-state index in [4.69, 9.17) is 5.73 Å². The normalized spacial score (nSPS) is 22.5. The topological polar surface area (TPSA) is 29.3 Å². The summed E-state index contributed by atoms with van der Waals surface area (Å²) in [5.74, 6) is 0.826. The quantitative estimate of drug-likeness (QED) is 0.868. The third kappa shape index (κ3) is 3.47. The molecule has 2 nitrogen and oxygen atoms in total. The predicted molar refractivity (Wildman–Crippen MR) is 74.4 cm³/mol. The minimum absolute atomic E-state index is 0.246. The summed E-state index contributed by atoms with van der Waals surface area (Å²) in [4.78, 5) is 2.50. The fraction of sp³-hybridized carbons (Fsp3) is 0.600. The first-order valence-electron chi connectivity index (χ1n) is 6.74. The molecule has 0 amide bonds. The van der Waals surface area contributed by atoms with E-state index in [9.17, 15) is 0 Å². The lowest BCUT2D eigenvalue weighted by molar-refractivity contribution is 0.447. The van der Waals surface area contributed by atoms with Crippen molar-refractivity contribution >= 4 is 5.69 Å². The third-order valence-corrected chi connectivity index (χ3v) is 3.52. The Kier molecular flexibility index (Phi) is 4.06. The van der Waals surface area contributed by atoms with Gasteiger partial charge in [0.05, 0.1) is 0 Å². The summed E-state index contributed by atoms with van der Waals surface area (Å²) in [5.41, 5.74) is 8.52. The summed E-state index contributed by atoms with van der Waals surface area (Å²) in [6.07, 6.45) is 3.67. The fourth-order valence-corrected chi connectivity index (χ4v) is 2.64. The average molecular weight is 232 g/mol. The van der Waals surface area contributed by atoms with E-state index in [1.165, 1.54) is 37.2 Å². The SMILES string of the molecule is CC(N)Cc1ccc(N2CCCC(C)C2)cc1. The summed E-state index contributed by atoms with van der Waals surface area (Å²) >= 11 is 0. The van der Waals surface area contributed by atoms with Crippen molar-refractivity contribution in [2.45, 2.75) is 39.2 Å². The van der Waals surface area contributed by atoms with Gasteiger partial charge in [0.2, 0.25) is 0 Å². The van der Waals surface area contributed by atoms with Gasteiger partial charge in [0.15, 0.2) is 0 Å². The van der Waals surface area contributed by atoms with Crippen LogP contribution in [0.5, 0.6) is 0 Å². The van der Waals surface area contributed by atoms with Crippen LogP contribution in [0.1, 0.15) is 32.3 Å². The van der Waals surface area contributed by atoms with Gasteiger partial charge in [-0.15, -0.1) is 0 Å². The lowest BCUT2D eigenvalue weighted by Crippen LogP contribution is -2.34. The maximum atomic E-state index is 5.81. The van der Waals surface area contributed by atoms with Crippen molar-refractivity contribution in [2.24, 2.45) is 11.7 Å². The first-order chi connectivity index (χ1) is 8.15. The van der Waals surface area contributed by atoms with Crippen molar-refractivity contribution in [2.75, 3.05) is 18.0 Å². The van der Waals surface area contributed by atoms with E-state index in [1.54, 1.807) is 0 Å². The van der Waals surface area contributed by atoms with Gasteiger partial charge in [-0.1, -0.05) is 19.1 Å². The van der Waals surface area contributed by atoms with Gasteiger partial charge in [-0.2, -0.15) is 0 Å². The number of nitrogens with two attached hydrogens (primary N) is 1. The van der Waals surface area contributed by atoms with Gasteiger partial charge < -0.3 is 10.6 Å². The zero-order valence-corrected chi connectivity index (χ0v) is 11.0. The monoisotopic (exact) mass is 232 g/mol. The number of nitrogens with zero attached hydrogens (tertiary/aromatic N) is 1. The fourth-order valence-electron chi connectivity index (χ4n) is 2.64. The number of anilines is 1. The van der Waals surface area contributed by atoms with Crippen LogP contribution in [0.15, 0.2) is 24.3 Å². The minimum atomic E-state index is 0.246. The van der Waals surface area contributed by atoms with Crippen LogP contribution in [-0.2, 0) is 6.42 Å². The van der Waals surface area contributed by atoms with Crippen LogP contribution in [-0.4, -0.2) is 19.1 Å². The van der Waals surface area contributed by atoms with Gasteiger partial charge in [-0.25, -0.2) is 0 Å². The van der Waals surface area contributed by atoms with E-state index >= 15 is 0 Å². The summed E-state index contributed by atoms with van der Waals surface area (Å²) in [6.45, 7) is 6.81. The molecule has 2 N–H and O–H groups in total. The Labute approximate surface area is 105 Å². The van der Waals surface area contributed by atoms with E-state index in [2.05, 4.69) is 43.0 Å². The van der Waals surface area contributed by atoms with E-state index in [0.717, 1.165) is 12.3 Å². The predicted octanol–water partition coefficient (Wildman–Crippen LogP) is 2.81. The van der Waals surface area contributed by atoms with E-state index in [-0.39, 0.29) is 6.04 Å². The number of hydrogen-bond donors (Lipinski definition) is 1. The van der Waals surface area contributed by atoms with Crippen LogP contribution in [0.25, 0.3) is 0 Å². The van der Waals surface area contributed by atoms with Crippen LogP contribution in [0.4, 0.5) is 5.69 Å². The second kappa shape index (κ2) is 5.54. The smallest absolute Gasteiger partial charge is 0.0366 e. The summed E-state index contributed by atoms with van der Waals surface area (Å²) in [5, 5.41) is 0. The van der Waals surface area contributed by atoms with Gasteiger partial charge in [0.25, 0.3) is 0 Å². The number of rotatable bonds is 3. The molecule has 2 heteroatoms. The molecule has 1 fully saturated rings. The van der Waals surface area contributed by atoms with Crippen LogP contribution < -0.4 is 10.6 Å². The van der Waals surface area contributed by atoms with Crippen molar-refractivity contribution < 1.29 is 0 Å². The van der Waals surface area contributed by atoms with Gasteiger partial charge in [-0.3, -0.25) is 0 Å². The Morgan fingerprint density at radius 3 is 2.65 bits per heavy atom. The molecule has 0 spiro atoms. The molecular formula is C15H24N2. The van der Waals surface area contributed by atoms with Crippen LogP contribution in [0.2, 0.25) is 0 Å². The van der Waals surface area contributed by atoms with Crippen molar-refractivity contribution in [3.63, 3.8) is 0 Å². The van der Waals surface area contributed by atoms with Gasteiger partial charge >= 0.3 is 0 Å². The van der Waals surface area contributed by atoms with Crippen LogP contribution in [0, 0.1) is 5.92 Å². The zero-order valence-electron chi connectivity index (χ0n) is 11.0. The Morgan fingerprint density at radius 2 is 2.06 bits per heavy atom. The molecule has 0 aliphatic carbocycles. The van der Waals surface area contributed by atoms with Gasteiger partial charge in [0, 0.05) is 24.8 Å². The molecule has 0 bridgehead atoms. The molecular weight excluding hydrogens is 208 g/mol. The van der Waals surface area contributed by atoms with Crippen LogP contribution >= 0.6 is 0 Å². The molecule has 1 saturated heterocycles. The molecule has 2 atom stereocenters. The molecule has 0 aromatic heterocycles. The summed E-state index contributed by atoms with van der Waals surface area (Å²) in [7, 11) is 0. The molecule has 0 saturated carbocycles. The number of hydrogen-bond acceptors (Lipinski definition) is 2. The lowest BCUT2D eigenvalue weighted by atomic mass is 9.99. The molecule has 1 heterocycles. The highest BCUT2D eigenvalue weighted by Gasteiger charge is 2.16. The van der Waals surface area contributed by atoms with Crippen LogP contribution in [0.3, 0.4) is 0 Å².